The van der Waals surface area contributed by atoms with E-state index in [0.29, 0.717) is 10.6 Å². The molecule has 0 bridgehead atoms. The summed E-state index contributed by atoms with van der Waals surface area (Å²) in [4.78, 5) is 30.2. The number of carbonyl (C=O) groups is 2. The average Bonchev–Trinajstić information content (AvgIpc) is 2.66. The molecule has 1 saturated heterocycles. The molecule has 164 valence electrons. The predicted molar refractivity (Wildman–Crippen MR) is 120 cm³/mol. The molecule has 1 unspecified atom stereocenters. The molecule has 1 atom stereocenters. The molecule has 0 saturated carbocycles. The summed E-state index contributed by atoms with van der Waals surface area (Å²) >= 11 is 6.10. The number of guanidine groups is 1. The summed E-state index contributed by atoms with van der Waals surface area (Å²) in [5, 5.41) is 14.0. The number of carbonyl (C=O) groups excluding carboxylic acids is 2. The van der Waals surface area contributed by atoms with Gasteiger partial charge in [0, 0.05) is 17.6 Å². The van der Waals surface area contributed by atoms with E-state index < -0.39 is 17.2 Å². The van der Waals surface area contributed by atoms with Gasteiger partial charge in [-0.05, 0) is 63.1 Å². The van der Waals surface area contributed by atoms with Gasteiger partial charge in [-0.1, -0.05) is 29.8 Å². The number of amides is 2. The van der Waals surface area contributed by atoms with E-state index in [-0.39, 0.29) is 24.0 Å². The van der Waals surface area contributed by atoms with Crippen molar-refractivity contribution in [2.24, 2.45) is 4.99 Å². The van der Waals surface area contributed by atoms with Gasteiger partial charge in [0.1, 0.15) is 11.4 Å². The van der Waals surface area contributed by atoms with Gasteiger partial charge in [-0.25, -0.2) is 4.79 Å². The van der Waals surface area contributed by atoms with Crippen LogP contribution >= 0.6 is 11.6 Å². The Kier molecular flexibility index (Phi) is 6.00. The van der Waals surface area contributed by atoms with Gasteiger partial charge in [-0.15, -0.1) is 4.99 Å². The van der Waals surface area contributed by atoms with Crippen molar-refractivity contribution >= 4 is 29.6 Å². The minimum absolute atomic E-state index is 0.103. The molecule has 0 aliphatic carbocycles. The summed E-state index contributed by atoms with van der Waals surface area (Å²) in [6, 6.07) is 12.3. The Labute approximate surface area is 186 Å². The lowest BCUT2D eigenvalue weighted by Crippen LogP contribution is -2.58. The number of rotatable bonds is 2. The van der Waals surface area contributed by atoms with Crippen molar-refractivity contribution in [2.45, 2.75) is 45.3 Å². The summed E-state index contributed by atoms with van der Waals surface area (Å²) in [5.41, 5.74) is 0.601. The molecule has 2 aromatic rings. The van der Waals surface area contributed by atoms with Crippen LogP contribution in [0.1, 0.15) is 39.7 Å². The zero-order chi connectivity index (χ0) is 23.0. The highest BCUT2D eigenvalue weighted by Crippen LogP contribution is 2.35. The molecule has 8 heteroatoms. The Balaban J connectivity index is 1.97. The van der Waals surface area contributed by atoms with E-state index >= 15 is 0 Å². The van der Waals surface area contributed by atoms with Crippen LogP contribution in [0, 0.1) is 0 Å². The summed E-state index contributed by atoms with van der Waals surface area (Å²) in [6.45, 7) is 7.10. The smallest absolute Gasteiger partial charge is 0.437 e. The SMILES string of the molecule is CN1C(=O)CC(C)(c2cccc(-c3cc(Cl)ccc3O)c2)N/C1=N/C(=O)OC(C)(C)C. The largest absolute Gasteiger partial charge is 0.507 e. The summed E-state index contributed by atoms with van der Waals surface area (Å²) in [6.07, 6.45) is -0.626. The van der Waals surface area contributed by atoms with Crippen molar-refractivity contribution in [1.82, 2.24) is 10.2 Å². The number of hydrogen-bond acceptors (Lipinski definition) is 4. The van der Waals surface area contributed by atoms with Crippen LogP contribution in [0.4, 0.5) is 4.79 Å². The highest BCUT2D eigenvalue weighted by molar-refractivity contribution is 6.31. The average molecular weight is 444 g/mol. The van der Waals surface area contributed by atoms with E-state index in [1.165, 1.54) is 11.0 Å². The fourth-order valence-electron chi connectivity index (χ4n) is 3.33. The first kappa shape index (κ1) is 22.6. The molecule has 3 rings (SSSR count). The van der Waals surface area contributed by atoms with Gasteiger partial charge in [0.2, 0.25) is 11.9 Å². The van der Waals surface area contributed by atoms with Gasteiger partial charge in [0.25, 0.3) is 0 Å². The Morgan fingerprint density at radius 2 is 1.97 bits per heavy atom. The third-order valence-corrected chi connectivity index (χ3v) is 5.18. The minimum atomic E-state index is -0.825. The Hall–Kier alpha value is -3.06. The lowest BCUT2D eigenvalue weighted by Gasteiger charge is -2.40. The maximum absolute atomic E-state index is 12.7. The van der Waals surface area contributed by atoms with E-state index in [0.717, 1.165) is 11.1 Å². The number of hydrogen-bond donors (Lipinski definition) is 2. The second kappa shape index (κ2) is 8.23. The van der Waals surface area contributed by atoms with Crippen molar-refractivity contribution in [1.29, 1.82) is 0 Å². The lowest BCUT2D eigenvalue weighted by molar-refractivity contribution is -0.129. The lowest BCUT2D eigenvalue weighted by atomic mass is 9.85. The molecular weight excluding hydrogens is 418 g/mol. The fraction of sp³-hybridized carbons (Fsp3) is 0.348. The third kappa shape index (κ3) is 5.17. The fourth-order valence-corrected chi connectivity index (χ4v) is 3.50. The third-order valence-electron chi connectivity index (χ3n) is 4.94. The molecule has 1 fully saturated rings. The van der Waals surface area contributed by atoms with Crippen molar-refractivity contribution < 1.29 is 19.4 Å². The van der Waals surface area contributed by atoms with Crippen LogP contribution < -0.4 is 5.32 Å². The van der Waals surface area contributed by atoms with Crippen LogP contribution in [0.3, 0.4) is 0 Å². The number of nitrogens with one attached hydrogen (secondary N) is 1. The first-order valence-electron chi connectivity index (χ1n) is 9.84. The molecule has 0 spiro atoms. The van der Waals surface area contributed by atoms with Gasteiger partial charge in [0.05, 0.1) is 12.0 Å². The Morgan fingerprint density at radius 1 is 1.26 bits per heavy atom. The summed E-state index contributed by atoms with van der Waals surface area (Å²) in [7, 11) is 1.55. The number of aliphatic imine (C=N–C) groups is 1. The highest BCUT2D eigenvalue weighted by Gasteiger charge is 2.39. The molecule has 1 aliphatic heterocycles. The van der Waals surface area contributed by atoms with Crippen LogP contribution in [-0.2, 0) is 15.1 Å². The Morgan fingerprint density at radius 3 is 2.65 bits per heavy atom. The zero-order valence-corrected chi connectivity index (χ0v) is 18.9. The van der Waals surface area contributed by atoms with E-state index in [4.69, 9.17) is 16.3 Å². The van der Waals surface area contributed by atoms with E-state index in [1.54, 1.807) is 40.0 Å². The van der Waals surface area contributed by atoms with Gasteiger partial charge >= 0.3 is 6.09 Å². The molecule has 2 amide bonds. The molecule has 1 aliphatic rings. The van der Waals surface area contributed by atoms with Crippen LogP contribution in [0.15, 0.2) is 47.5 Å². The predicted octanol–water partition coefficient (Wildman–Crippen LogP) is 4.67. The number of halogens is 1. The van der Waals surface area contributed by atoms with Crippen molar-refractivity contribution in [2.75, 3.05) is 7.05 Å². The van der Waals surface area contributed by atoms with E-state index in [1.807, 2.05) is 31.2 Å². The standard InChI is InChI=1S/C23H26ClN3O4/c1-22(2,3)31-21(30)25-20-26-23(4,13-19(29)27(20)5)15-8-6-7-14(11-15)17-12-16(24)9-10-18(17)28/h6-12,28H,13H2,1-5H3,(H,25,26,30). The van der Waals surface area contributed by atoms with Crippen LogP contribution in [-0.4, -0.2) is 40.6 Å². The molecule has 1 heterocycles. The van der Waals surface area contributed by atoms with Crippen LogP contribution in [0.5, 0.6) is 5.75 Å². The second-order valence-electron chi connectivity index (χ2n) is 8.74. The van der Waals surface area contributed by atoms with E-state index in [2.05, 4.69) is 10.3 Å². The monoisotopic (exact) mass is 443 g/mol. The molecule has 2 N–H and O–H groups in total. The van der Waals surface area contributed by atoms with Gasteiger partial charge in [0.15, 0.2) is 0 Å². The normalized spacial score (nSPS) is 20.5. The molecule has 0 radical (unpaired) electrons. The number of phenolic OH excluding ortho intramolecular Hbond substituents is 1. The highest BCUT2D eigenvalue weighted by atomic mass is 35.5. The number of aromatic hydroxyl groups is 1. The topological polar surface area (TPSA) is 91.2 Å². The second-order valence-corrected chi connectivity index (χ2v) is 9.18. The maximum Gasteiger partial charge on any atom is 0.437 e. The van der Waals surface area contributed by atoms with Gasteiger partial charge in [-0.3, -0.25) is 9.69 Å². The number of ether oxygens (including phenoxy) is 1. The molecule has 31 heavy (non-hydrogen) atoms. The van der Waals surface area contributed by atoms with Crippen molar-refractivity contribution in [3.8, 4) is 16.9 Å². The summed E-state index contributed by atoms with van der Waals surface area (Å²) in [5.74, 6) is 0.0230. The molecule has 7 nitrogen and oxygen atoms in total. The van der Waals surface area contributed by atoms with Crippen LogP contribution in [0.25, 0.3) is 11.1 Å². The maximum atomic E-state index is 12.7. The number of nitrogens with zero attached hydrogens (tertiary/aromatic N) is 2. The molecule has 2 aromatic carbocycles. The Bertz CT molecular complexity index is 1060. The molecule has 0 aromatic heterocycles. The first-order chi connectivity index (χ1) is 14.4. The van der Waals surface area contributed by atoms with Crippen LogP contribution in [0.2, 0.25) is 5.02 Å². The molecular formula is C23H26ClN3O4. The summed E-state index contributed by atoms with van der Waals surface area (Å²) < 4.78 is 5.25. The van der Waals surface area contributed by atoms with E-state index in [9.17, 15) is 14.7 Å². The number of phenols is 1. The van der Waals surface area contributed by atoms with Gasteiger partial charge in [-0.2, -0.15) is 0 Å². The zero-order valence-electron chi connectivity index (χ0n) is 18.2. The number of benzene rings is 2. The first-order valence-corrected chi connectivity index (χ1v) is 10.2. The quantitative estimate of drug-likeness (QED) is 0.703. The van der Waals surface area contributed by atoms with Crippen molar-refractivity contribution in [3.63, 3.8) is 0 Å². The van der Waals surface area contributed by atoms with Crippen molar-refractivity contribution in [3.05, 3.63) is 53.1 Å². The minimum Gasteiger partial charge on any atom is -0.507 e. The van der Waals surface area contributed by atoms with Gasteiger partial charge < -0.3 is 15.2 Å².